The first kappa shape index (κ1) is 21.9. The normalized spacial score (nSPS) is 19.8. The van der Waals surface area contributed by atoms with Gasteiger partial charge in [-0.25, -0.2) is 9.97 Å². The maximum atomic E-state index is 12.6. The van der Waals surface area contributed by atoms with Gasteiger partial charge in [-0.3, -0.25) is 14.5 Å². The number of carbonyl (C=O) groups is 1. The fraction of sp³-hybridized carbons (Fsp3) is 0.417. The monoisotopic (exact) mass is 466 g/mol. The van der Waals surface area contributed by atoms with Gasteiger partial charge >= 0.3 is 0 Å². The molecule has 2 N–H and O–H groups in total. The number of H-pyrrole nitrogens is 1. The number of pyridine rings is 1. The summed E-state index contributed by atoms with van der Waals surface area (Å²) in [5, 5.41) is 3.49. The molecule has 2 fully saturated rings. The van der Waals surface area contributed by atoms with Crippen molar-refractivity contribution in [3.05, 3.63) is 63.4 Å². The Labute approximate surface area is 197 Å². The van der Waals surface area contributed by atoms with E-state index in [1.807, 2.05) is 18.2 Å². The van der Waals surface area contributed by atoms with Crippen LogP contribution in [-0.2, 0) is 0 Å². The number of amides is 1. The summed E-state index contributed by atoms with van der Waals surface area (Å²) < 4.78 is 0. The summed E-state index contributed by atoms with van der Waals surface area (Å²) in [6, 6.07) is 9.66. The van der Waals surface area contributed by atoms with E-state index in [1.165, 1.54) is 0 Å². The third-order valence-corrected chi connectivity index (χ3v) is 7.18. The number of hydrogen-bond acceptors (Lipinski definition) is 6. The maximum Gasteiger partial charge on any atom is 0.269 e. The van der Waals surface area contributed by atoms with Crippen LogP contribution in [0.15, 0.2) is 41.3 Å². The third kappa shape index (κ3) is 4.32. The van der Waals surface area contributed by atoms with Gasteiger partial charge < -0.3 is 15.2 Å². The minimum atomic E-state index is -0.172. The van der Waals surface area contributed by atoms with Crippen LogP contribution >= 0.6 is 11.6 Å². The van der Waals surface area contributed by atoms with E-state index < -0.39 is 0 Å². The molecule has 172 valence electrons. The van der Waals surface area contributed by atoms with Crippen LogP contribution in [0.5, 0.6) is 0 Å². The molecule has 9 heteroatoms. The number of benzene rings is 1. The quantitative estimate of drug-likeness (QED) is 0.614. The molecule has 33 heavy (non-hydrogen) atoms. The van der Waals surface area contributed by atoms with Crippen LogP contribution in [0, 0.1) is 0 Å². The second kappa shape index (κ2) is 9.11. The lowest BCUT2D eigenvalue weighted by atomic mass is 10.0. The summed E-state index contributed by atoms with van der Waals surface area (Å²) in [4.78, 5) is 41.1. The number of aromatic nitrogens is 3. The van der Waals surface area contributed by atoms with E-state index in [2.05, 4.69) is 25.1 Å². The molecule has 4 heterocycles. The van der Waals surface area contributed by atoms with Crippen molar-refractivity contribution in [1.82, 2.24) is 25.2 Å². The molecule has 1 amide bonds. The van der Waals surface area contributed by atoms with E-state index in [0.717, 1.165) is 57.0 Å². The Kier molecular flexibility index (Phi) is 6.03. The summed E-state index contributed by atoms with van der Waals surface area (Å²) in [5.74, 6) is 0.812. The minimum absolute atomic E-state index is 0.164. The van der Waals surface area contributed by atoms with Gasteiger partial charge in [0.2, 0.25) is 0 Å². The number of rotatable bonds is 4. The molecule has 1 unspecified atom stereocenters. The van der Waals surface area contributed by atoms with E-state index in [-0.39, 0.29) is 17.4 Å². The topological polar surface area (TPSA) is 94.2 Å². The molecular formula is C24H27ClN6O2. The standard InChI is InChI=1S/C24H27ClN6O2/c1-26-23(32)20-6-5-17(13-27-20)30-11-8-16(9-12-30)31-10-7-15(14-31)22-28-19-4-2-3-18(25)21(19)24(33)29-22/h2-6,13,15-16H,7-12,14H2,1H3,(H,26,32)(H,28,29,33). The predicted octanol–water partition coefficient (Wildman–Crippen LogP) is 2.79. The average Bonchev–Trinajstić information content (AvgIpc) is 3.34. The van der Waals surface area contributed by atoms with Gasteiger partial charge in [0.05, 0.1) is 27.8 Å². The van der Waals surface area contributed by atoms with Crippen molar-refractivity contribution in [1.29, 1.82) is 0 Å². The molecule has 2 aliphatic rings. The van der Waals surface area contributed by atoms with Crippen LogP contribution < -0.4 is 15.8 Å². The molecule has 0 saturated carbocycles. The van der Waals surface area contributed by atoms with Gasteiger partial charge in [0.15, 0.2) is 0 Å². The van der Waals surface area contributed by atoms with Crippen molar-refractivity contribution in [2.75, 3.05) is 38.1 Å². The summed E-state index contributed by atoms with van der Waals surface area (Å²) in [6.45, 7) is 3.82. The van der Waals surface area contributed by atoms with E-state index >= 15 is 0 Å². The lowest BCUT2D eigenvalue weighted by molar-refractivity contribution is 0.0958. The number of nitrogens with one attached hydrogen (secondary N) is 2. The molecule has 1 aromatic carbocycles. The van der Waals surface area contributed by atoms with Crippen LogP contribution in [0.4, 0.5) is 5.69 Å². The number of likely N-dealkylation sites (tertiary alicyclic amines) is 1. The van der Waals surface area contributed by atoms with Gasteiger partial charge in [0.25, 0.3) is 11.5 Å². The lowest BCUT2D eigenvalue weighted by Crippen LogP contribution is -2.44. The second-order valence-electron chi connectivity index (χ2n) is 8.76. The molecule has 8 nitrogen and oxygen atoms in total. The number of hydrogen-bond donors (Lipinski definition) is 2. The van der Waals surface area contributed by atoms with Crippen molar-refractivity contribution in [3.63, 3.8) is 0 Å². The highest BCUT2D eigenvalue weighted by molar-refractivity contribution is 6.35. The van der Waals surface area contributed by atoms with E-state index in [1.54, 1.807) is 25.4 Å². The first-order valence-corrected chi connectivity index (χ1v) is 11.8. The van der Waals surface area contributed by atoms with Gasteiger partial charge in [-0.2, -0.15) is 0 Å². The van der Waals surface area contributed by atoms with Gasteiger partial charge in [-0.05, 0) is 50.1 Å². The van der Waals surface area contributed by atoms with Crippen LogP contribution in [0.3, 0.4) is 0 Å². The lowest BCUT2D eigenvalue weighted by Gasteiger charge is -2.37. The van der Waals surface area contributed by atoms with Gasteiger partial charge in [0.1, 0.15) is 11.5 Å². The Hall–Kier alpha value is -2.97. The van der Waals surface area contributed by atoms with Gasteiger partial charge in [-0.15, -0.1) is 0 Å². The Morgan fingerprint density at radius 2 is 1.97 bits per heavy atom. The fourth-order valence-corrected chi connectivity index (χ4v) is 5.28. The van der Waals surface area contributed by atoms with Crippen LogP contribution in [-0.4, -0.2) is 65.0 Å². The SMILES string of the molecule is CNC(=O)c1ccc(N2CCC(N3CCC(c4nc5cccc(Cl)c5c(=O)[nH]4)C3)CC2)cn1. The molecule has 0 bridgehead atoms. The van der Waals surface area contributed by atoms with E-state index in [0.29, 0.717) is 27.7 Å². The molecule has 1 atom stereocenters. The zero-order valence-electron chi connectivity index (χ0n) is 18.6. The van der Waals surface area contributed by atoms with E-state index in [4.69, 9.17) is 16.6 Å². The average molecular weight is 467 g/mol. The Balaban J connectivity index is 1.21. The van der Waals surface area contributed by atoms with Gasteiger partial charge in [-0.1, -0.05) is 17.7 Å². The highest BCUT2D eigenvalue weighted by Gasteiger charge is 2.32. The molecule has 0 aliphatic carbocycles. The number of anilines is 1. The van der Waals surface area contributed by atoms with Crippen molar-refractivity contribution in [2.24, 2.45) is 0 Å². The zero-order chi connectivity index (χ0) is 22.9. The Morgan fingerprint density at radius 1 is 1.15 bits per heavy atom. The van der Waals surface area contributed by atoms with Crippen molar-refractivity contribution in [3.8, 4) is 0 Å². The van der Waals surface area contributed by atoms with E-state index in [9.17, 15) is 9.59 Å². The fourth-order valence-electron chi connectivity index (χ4n) is 5.03. The third-order valence-electron chi connectivity index (χ3n) is 6.86. The predicted molar refractivity (Wildman–Crippen MR) is 129 cm³/mol. The summed E-state index contributed by atoms with van der Waals surface area (Å²) in [7, 11) is 1.61. The first-order valence-electron chi connectivity index (χ1n) is 11.4. The molecule has 2 aromatic heterocycles. The largest absolute Gasteiger partial charge is 0.370 e. The van der Waals surface area contributed by atoms with Crippen LogP contribution in [0.1, 0.15) is 41.5 Å². The molecule has 0 radical (unpaired) electrons. The molecule has 5 rings (SSSR count). The number of piperidine rings is 1. The first-order chi connectivity index (χ1) is 16.0. The number of carbonyl (C=O) groups excluding carboxylic acids is 1. The number of aromatic amines is 1. The molecule has 3 aromatic rings. The van der Waals surface area contributed by atoms with Crippen molar-refractivity contribution in [2.45, 2.75) is 31.2 Å². The summed E-state index contributed by atoms with van der Waals surface area (Å²) >= 11 is 6.19. The smallest absolute Gasteiger partial charge is 0.269 e. The van der Waals surface area contributed by atoms with Crippen molar-refractivity contribution >= 4 is 34.1 Å². The maximum absolute atomic E-state index is 12.6. The van der Waals surface area contributed by atoms with Crippen LogP contribution in [0.25, 0.3) is 10.9 Å². The van der Waals surface area contributed by atoms with Gasteiger partial charge in [0, 0.05) is 38.6 Å². The molecule has 2 aliphatic heterocycles. The highest BCUT2D eigenvalue weighted by atomic mass is 35.5. The molecule has 0 spiro atoms. The minimum Gasteiger partial charge on any atom is -0.370 e. The number of fused-ring (bicyclic) bond motifs is 1. The Morgan fingerprint density at radius 3 is 2.70 bits per heavy atom. The second-order valence-corrected chi connectivity index (χ2v) is 9.17. The highest BCUT2D eigenvalue weighted by Crippen LogP contribution is 2.31. The van der Waals surface area contributed by atoms with Crippen molar-refractivity contribution < 1.29 is 4.79 Å². The number of halogens is 1. The summed E-state index contributed by atoms with van der Waals surface area (Å²) in [5.41, 5.74) is 1.98. The molecular weight excluding hydrogens is 440 g/mol. The van der Waals surface area contributed by atoms with Crippen LogP contribution in [0.2, 0.25) is 5.02 Å². The zero-order valence-corrected chi connectivity index (χ0v) is 19.3. The molecule has 2 saturated heterocycles. The summed E-state index contributed by atoms with van der Waals surface area (Å²) in [6.07, 6.45) is 4.91. The number of nitrogens with zero attached hydrogens (tertiary/aromatic N) is 4. The Bertz CT molecular complexity index is 1220.